The Morgan fingerprint density at radius 3 is 2.26 bits per heavy atom. The molecule has 156 valence electrons. The molecule has 0 bridgehead atoms. The number of halogens is 3. The maximum Gasteiger partial charge on any atom is 0.282 e. The fourth-order valence-electron chi connectivity index (χ4n) is 3.37. The second kappa shape index (κ2) is 7.96. The monoisotopic (exact) mass is 438 g/mol. The van der Waals surface area contributed by atoms with Crippen LogP contribution in [0, 0.1) is 25.5 Å². The Bertz CT molecular complexity index is 1250. The summed E-state index contributed by atoms with van der Waals surface area (Å²) in [7, 11) is 0. The first-order valence-corrected chi connectivity index (χ1v) is 9.83. The molecule has 0 aliphatic carbocycles. The van der Waals surface area contributed by atoms with Crippen LogP contribution in [0.15, 0.2) is 66.4 Å². The number of carbonyl (C=O) groups excluding carboxylic acids is 2. The van der Waals surface area contributed by atoms with Gasteiger partial charge < -0.3 is 5.32 Å². The van der Waals surface area contributed by atoms with Crippen LogP contribution in [0.5, 0.6) is 0 Å². The number of carbonyl (C=O) groups is 2. The van der Waals surface area contributed by atoms with E-state index in [9.17, 15) is 18.4 Å². The number of benzene rings is 3. The fraction of sp³-hybridized carbons (Fsp3) is 0.0833. The van der Waals surface area contributed by atoms with E-state index >= 15 is 0 Å². The second-order valence-electron chi connectivity index (χ2n) is 7.20. The lowest BCUT2D eigenvalue weighted by Crippen LogP contribution is -2.32. The molecule has 0 radical (unpaired) electrons. The van der Waals surface area contributed by atoms with E-state index in [2.05, 4.69) is 5.32 Å². The molecular formula is C24H17ClF2N2O2. The van der Waals surface area contributed by atoms with E-state index in [1.54, 1.807) is 37.3 Å². The van der Waals surface area contributed by atoms with Crippen LogP contribution in [0.25, 0.3) is 5.57 Å². The van der Waals surface area contributed by atoms with Gasteiger partial charge in [-0.1, -0.05) is 47.5 Å². The van der Waals surface area contributed by atoms with E-state index in [0.29, 0.717) is 21.8 Å². The third-order valence-corrected chi connectivity index (χ3v) is 5.52. The number of amides is 2. The Kier molecular flexibility index (Phi) is 5.33. The maximum absolute atomic E-state index is 13.8. The van der Waals surface area contributed by atoms with Crippen molar-refractivity contribution in [3.63, 3.8) is 0 Å². The highest BCUT2D eigenvalue weighted by Crippen LogP contribution is 2.35. The Morgan fingerprint density at radius 2 is 1.58 bits per heavy atom. The van der Waals surface area contributed by atoms with E-state index in [1.165, 1.54) is 6.07 Å². The van der Waals surface area contributed by atoms with Crippen LogP contribution < -0.4 is 10.2 Å². The van der Waals surface area contributed by atoms with Crippen molar-refractivity contribution in [3.8, 4) is 0 Å². The quantitative estimate of drug-likeness (QED) is 0.537. The second-order valence-corrected chi connectivity index (χ2v) is 7.60. The number of anilines is 2. The standard InChI is InChI=1S/C24H17ClF2N2O2/c1-13-6-8-15(9-7-13)21-22(28-20-5-3-4-17(25)14(20)2)24(31)29(23(21)30)16-10-11-18(26)19(27)12-16/h3-12,28H,1-2H3. The summed E-state index contributed by atoms with van der Waals surface area (Å²) in [5.74, 6) is -3.53. The molecule has 0 aromatic heterocycles. The topological polar surface area (TPSA) is 49.4 Å². The zero-order chi connectivity index (χ0) is 22.3. The van der Waals surface area contributed by atoms with Gasteiger partial charge in [-0.25, -0.2) is 13.7 Å². The van der Waals surface area contributed by atoms with Gasteiger partial charge in [-0.3, -0.25) is 9.59 Å². The predicted molar refractivity (Wildman–Crippen MR) is 117 cm³/mol. The normalized spacial score (nSPS) is 13.9. The number of rotatable bonds is 4. The van der Waals surface area contributed by atoms with Gasteiger partial charge in [0.05, 0.1) is 11.3 Å². The molecule has 31 heavy (non-hydrogen) atoms. The van der Waals surface area contributed by atoms with E-state index < -0.39 is 23.4 Å². The SMILES string of the molecule is Cc1ccc(C2=C(Nc3cccc(Cl)c3C)C(=O)N(c3ccc(F)c(F)c3)C2=O)cc1. The molecule has 0 spiro atoms. The average molecular weight is 439 g/mol. The number of aryl methyl sites for hydroxylation is 1. The molecule has 2 amide bonds. The van der Waals surface area contributed by atoms with Crippen LogP contribution in [0.4, 0.5) is 20.2 Å². The van der Waals surface area contributed by atoms with E-state index in [-0.39, 0.29) is 17.0 Å². The lowest BCUT2D eigenvalue weighted by molar-refractivity contribution is -0.120. The van der Waals surface area contributed by atoms with Gasteiger partial charge in [0.15, 0.2) is 11.6 Å². The lowest BCUT2D eigenvalue weighted by atomic mass is 10.0. The molecule has 0 unspecified atom stereocenters. The Morgan fingerprint density at radius 1 is 0.871 bits per heavy atom. The number of nitrogens with zero attached hydrogens (tertiary/aromatic N) is 1. The van der Waals surface area contributed by atoms with Crippen molar-refractivity contribution >= 4 is 40.4 Å². The zero-order valence-corrected chi connectivity index (χ0v) is 17.4. The van der Waals surface area contributed by atoms with Crippen molar-refractivity contribution in [1.82, 2.24) is 0 Å². The van der Waals surface area contributed by atoms with Gasteiger partial charge in [-0.15, -0.1) is 0 Å². The summed E-state index contributed by atoms with van der Waals surface area (Å²) in [6.45, 7) is 3.69. The summed E-state index contributed by atoms with van der Waals surface area (Å²) in [5, 5.41) is 3.53. The molecule has 1 N–H and O–H groups in total. The summed E-state index contributed by atoms with van der Waals surface area (Å²) >= 11 is 6.20. The van der Waals surface area contributed by atoms with Crippen molar-refractivity contribution in [1.29, 1.82) is 0 Å². The third kappa shape index (κ3) is 3.70. The Hall–Kier alpha value is -3.51. The van der Waals surface area contributed by atoms with Gasteiger partial charge in [-0.2, -0.15) is 0 Å². The highest BCUT2D eigenvalue weighted by atomic mass is 35.5. The number of nitrogens with one attached hydrogen (secondary N) is 1. The van der Waals surface area contributed by atoms with Gasteiger partial charge >= 0.3 is 0 Å². The van der Waals surface area contributed by atoms with Crippen molar-refractivity contribution in [2.75, 3.05) is 10.2 Å². The van der Waals surface area contributed by atoms with Gasteiger partial charge in [0.1, 0.15) is 5.70 Å². The molecule has 3 aromatic carbocycles. The molecule has 4 nitrogen and oxygen atoms in total. The smallest absolute Gasteiger partial charge is 0.282 e. The van der Waals surface area contributed by atoms with E-state index in [1.807, 2.05) is 19.1 Å². The highest BCUT2D eigenvalue weighted by Gasteiger charge is 2.40. The number of imide groups is 1. The van der Waals surface area contributed by atoms with Crippen LogP contribution in [0.3, 0.4) is 0 Å². The highest BCUT2D eigenvalue weighted by molar-refractivity contribution is 6.46. The molecule has 1 aliphatic rings. The molecule has 0 atom stereocenters. The minimum Gasteiger partial charge on any atom is -0.350 e. The van der Waals surface area contributed by atoms with Crippen LogP contribution in [-0.4, -0.2) is 11.8 Å². The molecule has 4 rings (SSSR count). The predicted octanol–water partition coefficient (Wildman–Crippen LogP) is 5.63. The van der Waals surface area contributed by atoms with Crippen molar-refractivity contribution in [2.24, 2.45) is 0 Å². The van der Waals surface area contributed by atoms with Gasteiger partial charge in [0.2, 0.25) is 0 Å². The minimum absolute atomic E-state index is 0.0314. The maximum atomic E-state index is 13.8. The molecular weight excluding hydrogens is 422 g/mol. The Labute approximate surface area is 182 Å². The molecule has 0 fully saturated rings. The van der Waals surface area contributed by atoms with Crippen molar-refractivity contribution in [2.45, 2.75) is 13.8 Å². The fourth-order valence-corrected chi connectivity index (χ4v) is 3.54. The molecule has 0 saturated heterocycles. The summed E-state index contributed by atoms with van der Waals surface area (Å²) in [5.41, 5.74) is 2.87. The zero-order valence-electron chi connectivity index (χ0n) is 16.7. The van der Waals surface area contributed by atoms with Gasteiger partial charge in [0, 0.05) is 16.8 Å². The van der Waals surface area contributed by atoms with Crippen LogP contribution in [0.2, 0.25) is 5.02 Å². The molecule has 7 heteroatoms. The summed E-state index contributed by atoms with van der Waals surface area (Å²) in [4.78, 5) is 27.4. The van der Waals surface area contributed by atoms with Crippen molar-refractivity contribution < 1.29 is 18.4 Å². The number of hydrogen-bond donors (Lipinski definition) is 1. The van der Waals surface area contributed by atoms with E-state index in [0.717, 1.165) is 22.6 Å². The average Bonchev–Trinajstić information content (AvgIpc) is 2.98. The molecule has 1 heterocycles. The molecule has 1 aliphatic heterocycles. The van der Waals surface area contributed by atoms with Crippen LogP contribution in [0.1, 0.15) is 16.7 Å². The summed E-state index contributed by atoms with van der Waals surface area (Å²) in [6, 6.07) is 15.2. The molecule has 0 saturated carbocycles. The van der Waals surface area contributed by atoms with Crippen LogP contribution >= 0.6 is 11.6 Å². The minimum atomic E-state index is -1.15. The van der Waals surface area contributed by atoms with Crippen LogP contribution in [-0.2, 0) is 9.59 Å². The van der Waals surface area contributed by atoms with E-state index in [4.69, 9.17) is 11.6 Å². The first-order chi connectivity index (χ1) is 14.8. The lowest BCUT2D eigenvalue weighted by Gasteiger charge is -2.16. The first kappa shape index (κ1) is 20.8. The third-order valence-electron chi connectivity index (χ3n) is 5.11. The summed E-state index contributed by atoms with van der Waals surface area (Å²) in [6.07, 6.45) is 0. The summed E-state index contributed by atoms with van der Waals surface area (Å²) < 4.78 is 27.2. The van der Waals surface area contributed by atoms with Gasteiger partial charge in [-0.05, 0) is 49.2 Å². The first-order valence-electron chi connectivity index (χ1n) is 9.45. The molecule has 3 aromatic rings. The van der Waals surface area contributed by atoms with Gasteiger partial charge in [0.25, 0.3) is 11.8 Å². The Balaban J connectivity index is 1.85. The largest absolute Gasteiger partial charge is 0.350 e. The van der Waals surface area contributed by atoms with Crippen molar-refractivity contribution in [3.05, 3.63) is 99.7 Å². The number of hydrogen-bond acceptors (Lipinski definition) is 3.